The first-order chi connectivity index (χ1) is 14.3. The molecule has 4 aromatic carbocycles. The van der Waals surface area contributed by atoms with Crippen molar-refractivity contribution in [2.45, 2.75) is 0 Å². The average Bonchev–Trinajstić information content (AvgIpc) is 3.18. The molecule has 3 heteroatoms. The Kier molecular flexibility index (Phi) is 3.38. The van der Waals surface area contributed by atoms with Crippen molar-refractivity contribution in [1.82, 2.24) is 4.98 Å². The first-order valence-corrected chi connectivity index (χ1v) is 9.60. The molecule has 6 aromatic rings. The fourth-order valence-corrected chi connectivity index (χ4v) is 4.21. The smallest absolute Gasteiger partial charge is 0.162 e. The van der Waals surface area contributed by atoms with E-state index < -0.39 is 0 Å². The summed E-state index contributed by atoms with van der Waals surface area (Å²) in [6.45, 7) is 0. The van der Waals surface area contributed by atoms with E-state index in [1.807, 2.05) is 36.4 Å². The lowest BCUT2D eigenvalue weighted by atomic mass is 9.99. The van der Waals surface area contributed by atoms with Crippen LogP contribution >= 0.6 is 0 Å². The molecule has 0 N–H and O–H groups in total. The fourth-order valence-electron chi connectivity index (χ4n) is 4.21. The number of para-hydroxylation sites is 1. The van der Waals surface area contributed by atoms with Gasteiger partial charge < -0.3 is 9.15 Å². The Balaban J connectivity index is 1.83. The molecular weight excluding hydrogens is 358 g/mol. The summed E-state index contributed by atoms with van der Waals surface area (Å²) in [6.07, 6.45) is 0. The number of hydrogen-bond donors (Lipinski definition) is 0. The van der Waals surface area contributed by atoms with Crippen LogP contribution in [0, 0.1) is 0 Å². The summed E-state index contributed by atoms with van der Waals surface area (Å²) in [5.74, 6) is 0.809. The molecule has 0 saturated carbocycles. The molecule has 0 amide bonds. The number of methoxy groups -OCH3 is 1. The van der Waals surface area contributed by atoms with Gasteiger partial charge in [0.25, 0.3) is 0 Å². The molecular formula is C26H17NO2. The van der Waals surface area contributed by atoms with Gasteiger partial charge in [-0.05, 0) is 35.0 Å². The SMILES string of the molecule is COc1ccc2nc(-c3cccc4ccccc34)c3oc4ccccc4c3c2c1. The predicted molar refractivity (Wildman–Crippen MR) is 119 cm³/mol. The first-order valence-electron chi connectivity index (χ1n) is 9.60. The lowest BCUT2D eigenvalue weighted by Crippen LogP contribution is -1.90. The molecule has 0 aliphatic rings. The zero-order chi connectivity index (χ0) is 19.4. The number of pyridine rings is 1. The van der Waals surface area contributed by atoms with E-state index in [1.54, 1.807) is 7.11 Å². The van der Waals surface area contributed by atoms with Gasteiger partial charge in [-0.2, -0.15) is 0 Å². The van der Waals surface area contributed by atoms with Gasteiger partial charge in [-0.15, -0.1) is 0 Å². The molecule has 0 fully saturated rings. The Bertz CT molecular complexity index is 1540. The van der Waals surface area contributed by atoms with Gasteiger partial charge in [-0.25, -0.2) is 4.98 Å². The van der Waals surface area contributed by atoms with Gasteiger partial charge in [0.05, 0.1) is 12.6 Å². The van der Waals surface area contributed by atoms with Gasteiger partial charge in [0.1, 0.15) is 17.0 Å². The molecule has 0 bridgehead atoms. The lowest BCUT2D eigenvalue weighted by molar-refractivity contribution is 0.415. The van der Waals surface area contributed by atoms with Crippen LogP contribution in [0.1, 0.15) is 0 Å². The van der Waals surface area contributed by atoms with Crippen molar-refractivity contribution in [1.29, 1.82) is 0 Å². The maximum Gasteiger partial charge on any atom is 0.162 e. The molecule has 0 spiro atoms. The van der Waals surface area contributed by atoms with E-state index in [-0.39, 0.29) is 0 Å². The molecule has 0 aliphatic heterocycles. The first kappa shape index (κ1) is 16.1. The highest BCUT2D eigenvalue weighted by Gasteiger charge is 2.19. The minimum absolute atomic E-state index is 0.809. The minimum Gasteiger partial charge on any atom is -0.497 e. The van der Waals surface area contributed by atoms with Crippen LogP contribution in [0.3, 0.4) is 0 Å². The second-order valence-corrected chi connectivity index (χ2v) is 7.17. The number of furan rings is 1. The number of hydrogen-bond acceptors (Lipinski definition) is 3. The van der Waals surface area contributed by atoms with Gasteiger partial charge in [0.2, 0.25) is 0 Å². The van der Waals surface area contributed by atoms with Crippen molar-refractivity contribution < 1.29 is 9.15 Å². The quantitative estimate of drug-likeness (QED) is 0.328. The Hall–Kier alpha value is -3.85. The molecule has 2 aromatic heterocycles. The van der Waals surface area contributed by atoms with Crippen LogP contribution in [-0.4, -0.2) is 12.1 Å². The highest BCUT2D eigenvalue weighted by Crippen LogP contribution is 2.41. The second kappa shape index (κ2) is 6.08. The number of benzene rings is 4. The molecule has 2 heterocycles. The van der Waals surface area contributed by atoms with Gasteiger partial charge in [0.15, 0.2) is 5.58 Å². The molecule has 0 radical (unpaired) electrons. The fraction of sp³-hybridized carbons (Fsp3) is 0.0385. The van der Waals surface area contributed by atoms with Crippen LogP contribution < -0.4 is 4.74 Å². The number of nitrogens with zero attached hydrogens (tertiary/aromatic N) is 1. The highest BCUT2D eigenvalue weighted by molar-refractivity contribution is 6.21. The average molecular weight is 375 g/mol. The van der Waals surface area contributed by atoms with Crippen molar-refractivity contribution in [2.24, 2.45) is 0 Å². The van der Waals surface area contributed by atoms with Crippen LogP contribution in [0.15, 0.2) is 89.3 Å². The molecule has 0 atom stereocenters. The maximum atomic E-state index is 6.37. The van der Waals surface area contributed by atoms with E-state index in [9.17, 15) is 0 Å². The van der Waals surface area contributed by atoms with Crippen LogP contribution in [0.25, 0.3) is 54.9 Å². The van der Waals surface area contributed by atoms with Crippen molar-refractivity contribution >= 4 is 43.6 Å². The number of ether oxygens (including phenoxy) is 1. The molecule has 6 rings (SSSR count). The summed E-state index contributed by atoms with van der Waals surface area (Å²) < 4.78 is 11.8. The lowest BCUT2D eigenvalue weighted by Gasteiger charge is -2.10. The minimum atomic E-state index is 0.809. The van der Waals surface area contributed by atoms with Crippen molar-refractivity contribution in [3.8, 4) is 17.0 Å². The van der Waals surface area contributed by atoms with Crippen LogP contribution in [0.4, 0.5) is 0 Å². The standard InChI is InChI=1S/C26H17NO2/c1-28-17-13-14-22-21(15-17)24-20-10-4-5-12-23(20)29-26(24)25(27-22)19-11-6-8-16-7-2-3-9-18(16)19/h2-15H,1H3. The third kappa shape index (κ3) is 2.34. The molecule has 0 unspecified atom stereocenters. The van der Waals surface area contributed by atoms with Gasteiger partial charge in [-0.1, -0.05) is 60.7 Å². The zero-order valence-corrected chi connectivity index (χ0v) is 15.8. The van der Waals surface area contributed by atoms with Crippen LogP contribution in [0.5, 0.6) is 5.75 Å². The van der Waals surface area contributed by atoms with Crippen molar-refractivity contribution in [2.75, 3.05) is 7.11 Å². The molecule has 0 aliphatic carbocycles. The Morgan fingerprint density at radius 1 is 0.759 bits per heavy atom. The van der Waals surface area contributed by atoms with Gasteiger partial charge >= 0.3 is 0 Å². The summed E-state index contributed by atoms with van der Waals surface area (Å²) in [4.78, 5) is 5.05. The summed E-state index contributed by atoms with van der Waals surface area (Å²) in [5, 5.41) is 5.55. The third-order valence-electron chi connectivity index (χ3n) is 5.56. The normalized spacial score (nSPS) is 11.6. The van der Waals surface area contributed by atoms with E-state index in [0.717, 1.165) is 55.2 Å². The third-order valence-corrected chi connectivity index (χ3v) is 5.56. The monoisotopic (exact) mass is 375 g/mol. The predicted octanol–water partition coefficient (Wildman–Crippen LogP) is 6.96. The van der Waals surface area contributed by atoms with Gasteiger partial charge in [-0.3, -0.25) is 0 Å². The second-order valence-electron chi connectivity index (χ2n) is 7.17. The van der Waals surface area contributed by atoms with E-state index in [4.69, 9.17) is 14.1 Å². The summed E-state index contributed by atoms with van der Waals surface area (Å²) in [7, 11) is 1.68. The maximum absolute atomic E-state index is 6.37. The summed E-state index contributed by atoms with van der Waals surface area (Å²) >= 11 is 0. The van der Waals surface area contributed by atoms with Crippen molar-refractivity contribution in [3.05, 3.63) is 84.9 Å². The summed E-state index contributed by atoms with van der Waals surface area (Å²) in [6, 6.07) is 28.9. The highest BCUT2D eigenvalue weighted by atomic mass is 16.5. The number of aromatic nitrogens is 1. The van der Waals surface area contributed by atoms with Crippen LogP contribution in [0.2, 0.25) is 0 Å². The van der Waals surface area contributed by atoms with E-state index in [0.29, 0.717) is 0 Å². The molecule has 29 heavy (non-hydrogen) atoms. The number of rotatable bonds is 2. The van der Waals surface area contributed by atoms with Gasteiger partial charge in [0, 0.05) is 21.7 Å². The van der Waals surface area contributed by atoms with E-state index in [1.165, 1.54) is 5.39 Å². The molecule has 138 valence electrons. The Morgan fingerprint density at radius 3 is 2.45 bits per heavy atom. The molecule has 3 nitrogen and oxygen atoms in total. The number of fused-ring (bicyclic) bond motifs is 6. The topological polar surface area (TPSA) is 35.3 Å². The Morgan fingerprint density at radius 2 is 1.55 bits per heavy atom. The largest absolute Gasteiger partial charge is 0.497 e. The Labute approximate surface area is 167 Å². The van der Waals surface area contributed by atoms with Crippen LogP contribution in [-0.2, 0) is 0 Å². The van der Waals surface area contributed by atoms with E-state index >= 15 is 0 Å². The summed E-state index contributed by atoms with van der Waals surface area (Å²) in [5.41, 5.74) is 4.53. The molecule has 0 saturated heterocycles. The van der Waals surface area contributed by atoms with Crippen molar-refractivity contribution in [3.63, 3.8) is 0 Å². The van der Waals surface area contributed by atoms with E-state index in [2.05, 4.69) is 48.5 Å². The zero-order valence-electron chi connectivity index (χ0n) is 15.8.